The van der Waals surface area contributed by atoms with Crippen LogP contribution in [-0.4, -0.2) is 7.11 Å². The topological polar surface area (TPSA) is 9.23 Å². The zero-order valence-electron chi connectivity index (χ0n) is 12.2. The van der Waals surface area contributed by atoms with E-state index in [1.807, 2.05) is 0 Å². The molecule has 5 rings (SSSR count). The minimum atomic E-state index is 0.408. The predicted octanol–water partition coefficient (Wildman–Crippen LogP) is 4.90. The lowest BCUT2D eigenvalue weighted by atomic mass is 9.48. The van der Waals surface area contributed by atoms with Gasteiger partial charge in [-0.1, -0.05) is 12.1 Å². The van der Waals surface area contributed by atoms with E-state index in [1.54, 1.807) is 7.11 Å². The normalized spacial score (nSPS) is 38.2. The van der Waals surface area contributed by atoms with Crippen molar-refractivity contribution in [3.05, 3.63) is 29.3 Å². The van der Waals surface area contributed by atoms with E-state index in [-0.39, 0.29) is 0 Å². The summed E-state index contributed by atoms with van der Waals surface area (Å²) in [4.78, 5) is 0. The van der Waals surface area contributed by atoms with Gasteiger partial charge >= 0.3 is 0 Å². The highest BCUT2D eigenvalue weighted by Gasteiger charge is 2.52. The highest BCUT2D eigenvalue weighted by molar-refractivity contribution is 6.17. The van der Waals surface area contributed by atoms with E-state index in [2.05, 4.69) is 18.2 Å². The van der Waals surface area contributed by atoms with Gasteiger partial charge < -0.3 is 4.74 Å². The Bertz CT molecular complexity index is 487. The van der Waals surface area contributed by atoms with Crippen LogP contribution in [0, 0.1) is 17.8 Å². The first-order valence-corrected chi connectivity index (χ1v) is 8.49. The molecular formula is C18H23ClO. The van der Waals surface area contributed by atoms with Crippen molar-refractivity contribution in [2.24, 2.45) is 17.8 Å². The fourth-order valence-corrected chi connectivity index (χ4v) is 5.86. The van der Waals surface area contributed by atoms with Gasteiger partial charge in [0.1, 0.15) is 5.75 Å². The van der Waals surface area contributed by atoms with Gasteiger partial charge in [-0.05, 0) is 73.3 Å². The highest BCUT2D eigenvalue weighted by Crippen LogP contribution is 2.61. The molecule has 0 amide bonds. The van der Waals surface area contributed by atoms with Gasteiger partial charge in [0.05, 0.1) is 7.11 Å². The first-order chi connectivity index (χ1) is 9.72. The molecule has 1 nitrogen and oxygen atoms in total. The van der Waals surface area contributed by atoms with Crippen molar-refractivity contribution in [3.8, 4) is 5.75 Å². The van der Waals surface area contributed by atoms with E-state index in [0.717, 1.165) is 29.1 Å². The van der Waals surface area contributed by atoms with Gasteiger partial charge in [0.25, 0.3) is 0 Å². The van der Waals surface area contributed by atoms with Crippen LogP contribution in [0.1, 0.15) is 49.7 Å². The Labute approximate surface area is 126 Å². The summed E-state index contributed by atoms with van der Waals surface area (Å²) >= 11 is 5.97. The summed E-state index contributed by atoms with van der Waals surface area (Å²) in [7, 11) is 1.80. The van der Waals surface area contributed by atoms with E-state index < -0.39 is 0 Å². The molecule has 1 aromatic carbocycles. The summed E-state index contributed by atoms with van der Waals surface area (Å²) in [6, 6.07) is 6.66. The largest absolute Gasteiger partial charge is 0.496 e. The van der Waals surface area contributed by atoms with Gasteiger partial charge in [-0.15, -0.1) is 11.6 Å². The molecule has 0 spiro atoms. The van der Waals surface area contributed by atoms with Crippen LogP contribution in [0.5, 0.6) is 5.75 Å². The molecule has 0 radical (unpaired) electrons. The molecule has 2 heteroatoms. The highest BCUT2D eigenvalue weighted by atomic mass is 35.5. The fourth-order valence-electron chi connectivity index (χ4n) is 5.70. The van der Waals surface area contributed by atoms with Crippen molar-refractivity contribution in [1.82, 2.24) is 0 Å². The summed E-state index contributed by atoms with van der Waals surface area (Å²) in [6.45, 7) is 0. The molecule has 4 aliphatic carbocycles. The molecule has 0 N–H and O–H groups in total. The van der Waals surface area contributed by atoms with Crippen molar-refractivity contribution in [2.75, 3.05) is 7.11 Å². The first-order valence-electron chi connectivity index (χ1n) is 7.96. The molecule has 108 valence electrons. The minimum absolute atomic E-state index is 0.408. The van der Waals surface area contributed by atoms with Gasteiger partial charge in [0.15, 0.2) is 0 Å². The summed E-state index contributed by atoms with van der Waals surface area (Å²) in [5, 5.41) is 0. The van der Waals surface area contributed by atoms with Gasteiger partial charge in [-0.25, -0.2) is 0 Å². The van der Waals surface area contributed by atoms with Crippen molar-refractivity contribution in [1.29, 1.82) is 0 Å². The Balaban J connectivity index is 1.76. The maximum atomic E-state index is 5.97. The standard InChI is InChI=1S/C18H23ClO/c1-20-17-7-12(11-19)2-3-16(17)18-8-13-4-14(9-18)6-15(5-13)10-18/h2-3,7,13-15H,4-6,8-11H2,1H3. The first kappa shape index (κ1) is 13.0. The predicted molar refractivity (Wildman–Crippen MR) is 82.4 cm³/mol. The quantitative estimate of drug-likeness (QED) is 0.719. The molecule has 20 heavy (non-hydrogen) atoms. The van der Waals surface area contributed by atoms with Crippen LogP contribution in [0.15, 0.2) is 18.2 Å². The number of hydrogen-bond acceptors (Lipinski definition) is 1. The van der Waals surface area contributed by atoms with Crippen LogP contribution in [0.3, 0.4) is 0 Å². The lowest BCUT2D eigenvalue weighted by molar-refractivity contribution is -0.00616. The number of benzene rings is 1. The molecule has 4 fully saturated rings. The third kappa shape index (κ3) is 1.89. The van der Waals surface area contributed by atoms with Crippen molar-refractivity contribution in [3.63, 3.8) is 0 Å². The maximum absolute atomic E-state index is 5.97. The van der Waals surface area contributed by atoms with Gasteiger partial charge in [-0.3, -0.25) is 0 Å². The molecule has 0 saturated heterocycles. The van der Waals surface area contributed by atoms with Gasteiger partial charge in [0, 0.05) is 11.4 Å². The second kappa shape index (κ2) is 4.66. The zero-order chi connectivity index (χ0) is 13.7. The van der Waals surface area contributed by atoms with Crippen LogP contribution in [0.25, 0.3) is 0 Å². The van der Waals surface area contributed by atoms with Crippen molar-refractivity contribution >= 4 is 11.6 Å². The maximum Gasteiger partial charge on any atom is 0.122 e. The molecule has 4 bridgehead atoms. The average molecular weight is 291 g/mol. The Morgan fingerprint density at radius 3 is 2.20 bits per heavy atom. The number of hydrogen-bond donors (Lipinski definition) is 0. The van der Waals surface area contributed by atoms with Gasteiger partial charge in [0.2, 0.25) is 0 Å². The van der Waals surface area contributed by atoms with E-state index in [9.17, 15) is 0 Å². The number of alkyl halides is 1. The number of methoxy groups -OCH3 is 1. The second-order valence-corrected chi connectivity index (χ2v) is 7.63. The Morgan fingerprint density at radius 1 is 1.10 bits per heavy atom. The van der Waals surface area contributed by atoms with Crippen LogP contribution >= 0.6 is 11.6 Å². The van der Waals surface area contributed by atoms with Crippen LogP contribution in [0.2, 0.25) is 0 Å². The van der Waals surface area contributed by atoms with E-state index in [1.165, 1.54) is 44.1 Å². The third-order valence-electron chi connectivity index (χ3n) is 6.03. The third-order valence-corrected chi connectivity index (χ3v) is 6.34. The summed E-state index contributed by atoms with van der Waals surface area (Å²) in [5.41, 5.74) is 3.04. The van der Waals surface area contributed by atoms with Crippen LogP contribution < -0.4 is 4.74 Å². The molecule has 0 aliphatic heterocycles. The Morgan fingerprint density at radius 2 is 1.70 bits per heavy atom. The van der Waals surface area contributed by atoms with E-state index >= 15 is 0 Å². The molecule has 0 aromatic heterocycles. The molecule has 0 unspecified atom stereocenters. The molecule has 1 aromatic rings. The molecule has 0 heterocycles. The monoisotopic (exact) mass is 290 g/mol. The summed E-state index contributed by atoms with van der Waals surface area (Å²) < 4.78 is 5.72. The van der Waals surface area contributed by atoms with Crippen molar-refractivity contribution < 1.29 is 4.74 Å². The lowest BCUT2D eigenvalue weighted by Crippen LogP contribution is -2.48. The fraction of sp³-hybridized carbons (Fsp3) is 0.667. The Kier molecular flexibility index (Phi) is 3.03. The van der Waals surface area contributed by atoms with Crippen LogP contribution in [-0.2, 0) is 11.3 Å². The molecule has 4 aliphatic rings. The molecular weight excluding hydrogens is 268 g/mol. The van der Waals surface area contributed by atoms with Crippen molar-refractivity contribution in [2.45, 2.75) is 49.8 Å². The molecule has 0 atom stereocenters. The Hall–Kier alpha value is -0.690. The lowest BCUT2D eigenvalue weighted by Gasteiger charge is -2.57. The number of rotatable bonds is 3. The SMILES string of the molecule is COc1cc(CCl)ccc1C12CC3CC(CC(C3)C1)C2. The average Bonchev–Trinajstić information content (AvgIpc) is 2.45. The summed E-state index contributed by atoms with van der Waals surface area (Å²) in [5.74, 6) is 4.55. The van der Waals surface area contributed by atoms with Crippen LogP contribution in [0.4, 0.5) is 0 Å². The number of ether oxygens (including phenoxy) is 1. The van der Waals surface area contributed by atoms with E-state index in [0.29, 0.717) is 11.3 Å². The smallest absolute Gasteiger partial charge is 0.122 e. The molecule has 4 saturated carbocycles. The second-order valence-electron chi connectivity index (χ2n) is 7.37. The van der Waals surface area contributed by atoms with Gasteiger partial charge in [-0.2, -0.15) is 0 Å². The number of halogens is 1. The minimum Gasteiger partial charge on any atom is -0.496 e. The summed E-state index contributed by atoms with van der Waals surface area (Å²) in [6.07, 6.45) is 8.62. The van der Waals surface area contributed by atoms with E-state index in [4.69, 9.17) is 16.3 Å². The zero-order valence-corrected chi connectivity index (χ0v) is 13.0.